The van der Waals surface area contributed by atoms with Gasteiger partial charge >= 0.3 is 0 Å². The molecule has 8 nitrogen and oxygen atoms in total. The maximum absolute atomic E-state index is 11.1. The molecule has 1 aliphatic carbocycles. The highest BCUT2D eigenvalue weighted by atomic mass is 16.3. The standard InChI is InChI=1S/C28H28N4O4/c29-21-5-13-1-14-6-22(30)8-16(26(14)34)3-18-10-24(32)12-20(28(18)36)4-19-11-23(31)9-17(27(19)35)2-15(7-21)25(13)33/h5-12,33-36H,1-4,29-32H2. The molecule has 36 heavy (non-hydrogen) atoms. The average molecular weight is 485 g/mol. The minimum Gasteiger partial charge on any atom is -0.507 e. The molecular formula is C28H28N4O4. The van der Waals surface area contributed by atoms with Crippen molar-refractivity contribution in [3.8, 4) is 23.0 Å². The predicted molar refractivity (Wildman–Crippen MR) is 141 cm³/mol. The minimum atomic E-state index is 0.0127. The van der Waals surface area contributed by atoms with Gasteiger partial charge in [0.1, 0.15) is 23.0 Å². The van der Waals surface area contributed by atoms with Crippen molar-refractivity contribution < 1.29 is 20.4 Å². The number of hydrogen-bond donors (Lipinski definition) is 8. The molecule has 184 valence electrons. The third-order valence-corrected chi connectivity index (χ3v) is 6.68. The minimum absolute atomic E-state index is 0.0127. The molecule has 0 unspecified atom stereocenters. The zero-order chi connectivity index (χ0) is 25.7. The molecule has 0 fully saturated rings. The predicted octanol–water partition coefficient (Wildman–Crippen LogP) is 3.51. The Morgan fingerprint density at radius 1 is 0.333 bits per heavy atom. The van der Waals surface area contributed by atoms with Crippen LogP contribution in [0.4, 0.5) is 22.7 Å². The van der Waals surface area contributed by atoms with Gasteiger partial charge in [-0.2, -0.15) is 0 Å². The number of rotatable bonds is 0. The van der Waals surface area contributed by atoms with Gasteiger partial charge in [0.05, 0.1) is 0 Å². The van der Waals surface area contributed by atoms with E-state index in [1.165, 1.54) is 0 Å². The Labute approximate surface area is 208 Å². The van der Waals surface area contributed by atoms with Gasteiger partial charge in [-0.25, -0.2) is 0 Å². The van der Waals surface area contributed by atoms with Gasteiger partial charge in [-0.05, 0) is 48.5 Å². The molecule has 8 heteroatoms. The molecule has 0 aromatic heterocycles. The van der Waals surface area contributed by atoms with Gasteiger partial charge in [0, 0.05) is 92.9 Å². The van der Waals surface area contributed by atoms with Gasteiger partial charge in [-0.1, -0.05) is 0 Å². The summed E-state index contributed by atoms with van der Waals surface area (Å²) in [6.07, 6.45) is 0.651. The van der Waals surface area contributed by atoms with E-state index >= 15 is 0 Å². The molecule has 0 atom stereocenters. The molecule has 0 aliphatic heterocycles. The van der Waals surface area contributed by atoms with E-state index in [1.807, 2.05) is 0 Å². The largest absolute Gasteiger partial charge is 0.507 e. The van der Waals surface area contributed by atoms with Crippen LogP contribution in [0.25, 0.3) is 0 Å². The summed E-state index contributed by atoms with van der Waals surface area (Å²) in [6, 6.07) is 13.2. The van der Waals surface area contributed by atoms with Crippen LogP contribution in [-0.4, -0.2) is 20.4 Å². The molecule has 0 radical (unpaired) electrons. The van der Waals surface area contributed by atoms with E-state index in [-0.39, 0.29) is 48.7 Å². The van der Waals surface area contributed by atoms with Gasteiger partial charge in [0.2, 0.25) is 0 Å². The van der Waals surface area contributed by atoms with Crippen LogP contribution in [0.5, 0.6) is 23.0 Å². The number of hydrogen-bond acceptors (Lipinski definition) is 8. The molecule has 4 aromatic rings. The quantitative estimate of drug-likeness (QED) is 0.121. The van der Waals surface area contributed by atoms with Crippen molar-refractivity contribution in [1.29, 1.82) is 0 Å². The second kappa shape index (κ2) is 8.49. The number of fused-ring (bicyclic) bond motifs is 8. The van der Waals surface area contributed by atoms with Crippen LogP contribution in [-0.2, 0) is 25.7 Å². The first-order chi connectivity index (χ1) is 17.1. The molecule has 12 N–H and O–H groups in total. The van der Waals surface area contributed by atoms with E-state index < -0.39 is 0 Å². The summed E-state index contributed by atoms with van der Waals surface area (Å²) in [5, 5.41) is 44.4. The van der Waals surface area contributed by atoms with Crippen LogP contribution >= 0.6 is 0 Å². The van der Waals surface area contributed by atoms with Crippen LogP contribution in [0.2, 0.25) is 0 Å². The summed E-state index contributed by atoms with van der Waals surface area (Å²) in [5.41, 5.74) is 30.4. The first kappa shape index (κ1) is 23.0. The zero-order valence-corrected chi connectivity index (χ0v) is 19.5. The lowest BCUT2D eigenvalue weighted by Gasteiger charge is -2.18. The van der Waals surface area contributed by atoms with Gasteiger partial charge in [-0.3, -0.25) is 0 Å². The first-order valence-corrected chi connectivity index (χ1v) is 11.5. The van der Waals surface area contributed by atoms with Crippen LogP contribution < -0.4 is 22.9 Å². The second-order valence-corrected chi connectivity index (χ2v) is 9.46. The molecule has 1 aliphatic rings. The smallest absolute Gasteiger partial charge is 0.122 e. The van der Waals surface area contributed by atoms with Crippen LogP contribution in [0.3, 0.4) is 0 Å². The maximum atomic E-state index is 11.1. The number of nitrogens with two attached hydrogens (primary N) is 4. The van der Waals surface area contributed by atoms with Gasteiger partial charge in [0.25, 0.3) is 0 Å². The van der Waals surface area contributed by atoms with E-state index in [9.17, 15) is 20.4 Å². The number of aromatic hydroxyl groups is 4. The van der Waals surface area contributed by atoms with Crippen LogP contribution in [0, 0.1) is 0 Å². The Kier molecular flexibility index (Phi) is 5.44. The third-order valence-electron chi connectivity index (χ3n) is 6.68. The Balaban J connectivity index is 1.78. The van der Waals surface area contributed by atoms with Crippen molar-refractivity contribution in [2.45, 2.75) is 25.7 Å². The number of nitrogen functional groups attached to an aromatic ring is 4. The second-order valence-electron chi connectivity index (χ2n) is 9.46. The lowest BCUT2D eigenvalue weighted by Crippen LogP contribution is -2.04. The number of phenols is 4. The number of benzene rings is 4. The zero-order valence-electron chi connectivity index (χ0n) is 19.5. The molecule has 0 saturated heterocycles. The molecule has 5 rings (SSSR count). The summed E-state index contributed by atoms with van der Waals surface area (Å²) in [5.74, 6) is 0.0507. The normalized spacial score (nSPS) is 12.9. The fourth-order valence-corrected chi connectivity index (χ4v) is 5.05. The molecule has 0 amide bonds. The summed E-state index contributed by atoms with van der Waals surface area (Å²) in [4.78, 5) is 0. The topological polar surface area (TPSA) is 185 Å². The highest BCUT2D eigenvalue weighted by Crippen LogP contribution is 2.39. The summed E-state index contributed by atoms with van der Waals surface area (Å²) in [7, 11) is 0. The third kappa shape index (κ3) is 4.13. The van der Waals surface area contributed by atoms with Crippen LogP contribution in [0.1, 0.15) is 44.5 Å². The summed E-state index contributed by atoms with van der Waals surface area (Å²) >= 11 is 0. The van der Waals surface area contributed by atoms with E-state index in [2.05, 4.69) is 0 Å². The van der Waals surface area contributed by atoms with E-state index in [0.29, 0.717) is 67.3 Å². The van der Waals surface area contributed by atoms with Crippen molar-refractivity contribution in [3.05, 3.63) is 93.0 Å². The summed E-state index contributed by atoms with van der Waals surface area (Å²) < 4.78 is 0. The Hall–Kier alpha value is -4.72. The van der Waals surface area contributed by atoms with Crippen molar-refractivity contribution in [1.82, 2.24) is 0 Å². The molecular weight excluding hydrogens is 456 g/mol. The summed E-state index contributed by atoms with van der Waals surface area (Å²) in [6.45, 7) is 0. The van der Waals surface area contributed by atoms with Gasteiger partial charge in [0.15, 0.2) is 0 Å². The monoisotopic (exact) mass is 484 g/mol. The van der Waals surface area contributed by atoms with Crippen molar-refractivity contribution in [2.75, 3.05) is 22.9 Å². The SMILES string of the molecule is Nc1cc2c(O)c(c1)Cc1cc(N)cc(c1O)Cc1cc(N)cc(c1O)Cc1cc(N)cc(c1O)C2. The highest BCUT2D eigenvalue weighted by Gasteiger charge is 2.20. The molecule has 8 bridgehead atoms. The van der Waals surface area contributed by atoms with Crippen LogP contribution in [0.15, 0.2) is 48.5 Å². The molecule has 0 heterocycles. The lowest BCUT2D eigenvalue weighted by molar-refractivity contribution is 0.450. The fourth-order valence-electron chi connectivity index (χ4n) is 5.05. The highest BCUT2D eigenvalue weighted by molar-refractivity contribution is 5.63. The number of anilines is 4. The molecule has 0 spiro atoms. The average Bonchev–Trinajstić information content (AvgIpc) is 2.80. The Morgan fingerprint density at radius 2 is 0.472 bits per heavy atom. The fraction of sp³-hybridized carbons (Fsp3) is 0.143. The van der Waals surface area contributed by atoms with Crippen molar-refractivity contribution in [2.24, 2.45) is 0 Å². The molecule has 4 aromatic carbocycles. The van der Waals surface area contributed by atoms with E-state index in [4.69, 9.17) is 22.9 Å². The Bertz CT molecular complexity index is 1210. The lowest BCUT2D eigenvalue weighted by atomic mass is 9.90. The van der Waals surface area contributed by atoms with E-state index in [0.717, 1.165) is 0 Å². The first-order valence-electron chi connectivity index (χ1n) is 11.5. The van der Waals surface area contributed by atoms with Crippen molar-refractivity contribution >= 4 is 22.7 Å². The maximum Gasteiger partial charge on any atom is 0.122 e. The van der Waals surface area contributed by atoms with Crippen molar-refractivity contribution in [3.63, 3.8) is 0 Å². The van der Waals surface area contributed by atoms with Gasteiger partial charge in [-0.15, -0.1) is 0 Å². The molecule has 0 saturated carbocycles. The Morgan fingerprint density at radius 3 is 0.611 bits per heavy atom. The van der Waals surface area contributed by atoms with Gasteiger partial charge < -0.3 is 43.4 Å². The van der Waals surface area contributed by atoms with E-state index in [1.54, 1.807) is 48.5 Å². The number of phenolic OH excluding ortho intramolecular Hbond substituents is 4.